The van der Waals surface area contributed by atoms with E-state index < -0.39 is 0 Å². The van der Waals surface area contributed by atoms with E-state index in [4.69, 9.17) is 4.74 Å². The molecule has 0 fully saturated rings. The Morgan fingerprint density at radius 3 is 2.46 bits per heavy atom. The molecule has 6 heteroatoms. The van der Waals surface area contributed by atoms with E-state index in [2.05, 4.69) is 44.9 Å². The number of aliphatic imine (C=N–C) groups is 1. The number of ether oxygens (including phenoxy) is 1. The summed E-state index contributed by atoms with van der Waals surface area (Å²) in [5.74, 6) is 1.61. The van der Waals surface area contributed by atoms with Crippen molar-refractivity contribution in [3.8, 4) is 5.75 Å². The highest BCUT2D eigenvalue weighted by atomic mass is 127. The summed E-state index contributed by atoms with van der Waals surface area (Å²) in [5, 5.41) is 7.81. The highest BCUT2D eigenvalue weighted by molar-refractivity contribution is 14.0. The molecule has 0 spiro atoms. The Morgan fingerprint density at radius 2 is 1.73 bits per heavy atom. The van der Waals surface area contributed by atoms with E-state index in [-0.39, 0.29) is 24.0 Å². The van der Waals surface area contributed by atoms with E-state index in [0.717, 1.165) is 33.7 Å². The number of pyridine rings is 1. The van der Waals surface area contributed by atoms with Crippen LogP contribution in [0.1, 0.15) is 11.1 Å². The summed E-state index contributed by atoms with van der Waals surface area (Å²) in [7, 11) is 3.44. The van der Waals surface area contributed by atoms with Gasteiger partial charge in [-0.1, -0.05) is 36.4 Å². The van der Waals surface area contributed by atoms with Crippen molar-refractivity contribution in [2.24, 2.45) is 4.99 Å². The fraction of sp³-hybridized carbons (Fsp3) is 0.200. The van der Waals surface area contributed by atoms with Crippen LogP contribution >= 0.6 is 24.0 Å². The second-order valence-corrected chi connectivity index (χ2v) is 5.62. The summed E-state index contributed by atoms with van der Waals surface area (Å²) in [5.41, 5.74) is 3.32. The Bertz CT molecular complexity index is 860. The van der Waals surface area contributed by atoms with E-state index in [1.54, 1.807) is 14.2 Å². The smallest absolute Gasteiger partial charge is 0.191 e. The number of nitrogens with one attached hydrogen (secondary N) is 2. The molecule has 0 atom stereocenters. The number of para-hydroxylation sites is 1. The number of rotatable bonds is 5. The van der Waals surface area contributed by atoms with Crippen LogP contribution in [0.4, 0.5) is 0 Å². The minimum absolute atomic E-state index is 0. The lowest BCUT2D eigenvalue weighted by atomic mass is 10.1. The van der Waals surface area contributed by atoms with Gasteiger partial charge in [0.15, 0.2) is 5.96 Å². The lowest BCUT2D eigenvalue weighted by Crippen LogP contribution is -2.36. The normalized spacial score (nSPS) is 10.9. The van der Waals surface area contributed by atoms with E-state index in [0.29, 0.717) is 13.1 Å². The van der Waals surface area contributed by atoms with Gasteiger partial charge in [-0.25, -0.2) is 0 Å². The van der Waals surface area contributed by atoms with Gasteiger partial charge in [-0.05, 0) is 29.3 Å². The average Bonchev–Trinajstić information content (AvgIpc) is 2.68. The Morgan fingerprint density at radius 1 is 1.00 bits per heavy atom. The highest BCUT2D eigenvalue weighted by Crippen LogP contribution is 2.15. The zero-order valence-corrected chi connectivity index (χ0v) is 17.2. The summed E-state index contributed by atoms with van der Waals surface area (Å²) >= 11 is 0. The van der Waals surface area contributed by atoms with Gasteiger partial charge >= 0.3 is 0 Å². The van der Waals surface area contributed by atoms with Gasteiger partial charge in [-0.15, -0.1) is 24.0 Å². The predicted molar refractivity (Wildman–Crippen MR) is 117 cm³/mol. The molecule has 0 aliphatic carbocycles. The van der Waals surface area contributed by atoms with Crippen molar-refractivity contribution in [1.82, 2.24) is 15.6 Å². The third kappa shape index (κ3) is 5.08. The number of aromatic nitrogens is 1. The standard InChI is InChI=1S/C20H22N4O.HI/c1-21-20(23-13-15-8-10-18(25-2)11-9-15)24-14-17-6-3-5-16-7-4-12-22-19(16)17;/h3-12H,13-14H2,1-2H3,(H2,21,23,24);1H. The zero-order valence-electron chi connectivity index (χ0n) is 14.9. The van der Waals surface area contributed by atoms with Crippen molar-refractivity contribution in [3.05, 3.63) is 71.9 Å². The molecule has 26 heavy (non-hydrogen) atoms. The van der Waals surface area contributed by atoms with E-state index >= 15 is 0 Å². The minimum Gasteiger partial charge on any atom is -0.497 e. The summed E-state index contributed by atoms with van der Waals surface area (Å²) in [6.45, 7) is 1.36. The van der Waals surface area contributed by atoms with Crippen molar-refractivity contribution < 1.29 is 4.74 Å². The molecule has 0 bridgehead atoms. The molecule has 0 unspecified atom stereocenters. The van der Waals surface area contributed by atoms with Crippen LogP contribution in [-0.2, 0) is 13.1 Å². The van der Waals surface area contributed by atoms with Gasteiger partial charge in [-0.3, -0.25) is 9.98 Å². The summed E-state index contributed by atoms with van der Waals surface area (Å²) in [6, 6.07) is 18.2. The topological polar surface area (TPSA) is 58.5 Å². The number of halogens is 1. The molecule has 2 N–H and O–H groups in total. The number of nitrogens with zero attached hydrogens (tertiary/aromatic N) is 2. The van der Waals surface area contributed by atoms with Gasteiger partial charge in [0.2, 0.25) is 0 Å². The minimum atomic E-state index is 0. The maximum atomic E-state index is 5.18. The van der Waals surface area contributed by atoms with Crippen LogP contribution in [0.3, 0.4) is 0 Å². The van der Waals surface area contributed by atoms with Crippen LogP contribution in [-0.4, -0.2) is 25.1 Å². The lowest BCUT2D eigenvalue weighted by molar-refractivity contribution is 0.414. The summed E-state index contributed by atoms with van der Waals surface area (Å²) in [4.78, 5) is 8.76. The molecule has 5 nitrogen and oxygen atoms in total. The number of guanidine groups is 1. The van der Waals surface area contributed by atoms with Crippen LogP contribution in [0.25, 0.3) is 10.9 Å². The van der Waals surface area contributed by atoms with Gasteiger partial charge in [-0.2, -0.15) is 0 Å². The maximum absolute atomic E-state index is 5.18. The second kappa shape index (κ2) is 9.96. The molecule has 2 aromatic carbocycles. The first-order chi connectivity index (χ1) is 12.3. The highest BCUT2D eigenvalue weighted by Gasteiger charge is 2.04. The fourth-order valence-corrected chi connectivity index (χ4v) is 2.64. The van der Waals surface area contributed by atoms with Crippen molar-refractivity contribution in [1.29, 1.82) is 0 Å². The van der Waals surface area contributed by atoms with Crippen LogP contribution in [0.5, 0.6) is 5.75 Å². The maximum Gasteiger partial charge on any atom is 0.191 e. The predicted octanol–water partition coefficient (Wildman–Crippen LogP) is 3.73. The van der Waals surface area contributed by atoms with E-state index in [1.165, 1.54) is 0 Å². The molecule has 0 amide bonds. The molecule has 3 rings (SSSR count). The number of fused-ring (bicyclic) bond motifs is 1. The summed E-state index contributed by atoms with van der Waals surface area (Å²) in [6.07, 6.45) is 1.82. The zero-order chi connectivity index (χ0) is 17.5. The monoisotopic (exact) mass is 462 g/mol. The number of benzene rings is 2. The number of methoxy groups -OCH3 is 1. The average molecular weight is 462 g/mol. The largest absolute Gasteiger partial charge is 0.497 e. The van der Waals surface area contributed by atoms with Crippen LogP contribution in [0.15, 0.2) is 65.8 Å². The fourth-order valence-electron chi connectivity index (χ4n) is 2.64. The van der Waals surface area contributed by atoms with Gasteiger partial charge in [0, 0.05) is 31.7 Å². The first-order valence-electron chi connectivity index (χ1n) is 8.20. The third-order valence-corrected chi connectivity index (χ3v) is 4.01. The molecular weight excluding hydrogens is 439 g/mol. The van der Waals surface area contributed by atoms with Gasteiger partial charge < -0.3 is 15.4 Å². The number of hydrogen-bond donors (Lipinski definition) is 2. The lowest BCUT2D eigenvalue weighted by Gasteiger charge is -2.13. The Kier molecular flexibility index (Phi) is 7.65. The van der Waals surface area contributed by atoms with Crippen LogP contribution < -0.4 is 15.4 Å². The van der Waals surface area contributed by atoms with Crippen LogP contribution in [0, 0.1) is 0 Å². The molecule has 0 radical (unpaired) electrons. The first-order valence-corrected chi connectivity index (χ1v) is 8.20. The van der Waals surface area contributed by atoms with Crippen molar-refractivity contribution >= 4 is 40.8 Å². The van der Waals surface area contributed by atoms with Crippen molar-refractivity contribution in [3.63, 3.8) is 0 Å². The van der Waals surface area contributed by atoms with E-state index in [1.807, 2.05) is 36.5 Å². The molecule has 0 saturated heterocycles. The number of hydrogen-bond acceptors (Lipinski definition) is 3. The molecule has 0 aliphatic heterocycles. The van der Waals surface area contributed by atoms with Crippen molar-refractivity contribution in [2.45, 2.75) is 13.1 Å². The third-order valence-electron chi connectivity index (χ3n) is 4.01. The van der Waals surface area contributed by atoms with Crippen LogP contribution in [0.2, 0.25) is 0 Å². The van der Waals surface area contributed by atoms with Gasteiger partial charge in [0.25, 0.3) is 0 Å². The SMILES string of the molecule is CN=C(NCc1ccc(OC)cc1)NCc1cccc2cccnc12.I. The van der Waals surface area contributed by atoms with Gasteiger partial charge in [0.05, 0.1) is 12.6 Å². The Balaban J connectivity index is 0.00000243. The molecule has 0 saturated carbocycles. The Labute approximate surface area is 170 Å². The molecule has 0 aliphatic rings. The summed E-state index contributed by atoms with van der Waals surface area (Å²) < 4.78 is 5.18. The molecule has 1 heterocycles. The Hall–Kier alpha value is -2.35. The first kappa shape index (κ1) is 20.0. The molecular formula is C20H23IN4O. The molecule has 136 valence electrons. The molecule has 1 aromatic heterocycles. The van der Waals surface area contributed by atoms with E-state index in [9.17, 15) is 0 Å². The van der Waals surface area contributed by atoms with Gasteiger partial charge in [0.1, 0.15) is 5.75 Å². The second-order valence-electron chi connectivity index (χ2n) is 5.62. The quantitative estimate of drug-likeness (QED) is 0.345. The van der Waals surface area contributed by atoms with Crippen molar-refractivity contribution in [2.75, 3.05) is 14.2 Å². The molecule has 3 aromatic rings.